The fourth-order valence-electron chi connectivity index (χ4n) is 1.98. The van der Waals surface area contributed by atoms with Gasteiger partial charge in [-0.1, -0.05) is 0 Å². The van der Waals surface area contributed by atoms with Gasteiger partial charge in [0.1, 0.15) is 5.82 Å². The largest absolute Gasteiger partial charge is 0.265 e. The third-order valence-electron chi connectivity index (χ3n) is 2.73. The minimum absolute atomic E-state index is 0.238. The molecule has 0 saturated heterocycles. The fourth-order valence-corrected chi connectivity index (χ4v) is 1.98. The summed E-state index contributed by atoms with van der Waals surface area (Å²) in [4.78, 5) is 4.20. The minimum Gasteiger partial charge on any atom is -0.265 e. The van der Waals surface area contributed by atoms with E-state index < -0.39 is 0 Å². The summed E-state index contributed by atoms with van der Waals surface area (Å²) < 4.78 is 14.7. The molecular formula is C13H10FN3. The molecule has 2 heterocycles. The molecular weight excluding hydrogens is 217 g/mol. The zero-order valence-corrected chi connectivity index (χ0v) is 9.26. The molecule has 0 unspecified atom stereocenters. The molecule has 0 amide bonds. The SMILES string of the molecule is Cn1nc2ncccc2c1-c1ccc(F)cc1. The molecule has 0 saturated carbocycles. The molecule has 0 N–H and O–H groups in total. The van der Waals surface area contributed by atoms with Crippen molar-refractivity contribution in [3.05, 3.63) is 48.4 Å². The number of aryl methyl sites for hydroxylation is 1. The number of fused-ring (bicyclic) bond motifs is 1. The van der Waals surface area contributed by atoms with E-state index in [0.29, 0.717) is 5.65 Å². The van der Waals surface area contributed by atoms with Crippen molar-refractivity contribution in [2.45, 2.75) is 0 Å². The summed E-state index contributed by atoms with van der Waals surface area (Å²) in [5, 5.41) is 5.30. The van der Waals surface area contributed by atoms with Gasteiger partial charge in [0, 0.05) is 24.2 Å². The molecule has 0 fully saturated rings. The van der Waals surface area contributed by atoms with E-state index in [1.807, 2.05) is 19.2 Å². The first kappa shape index (κ1) is 9.96. The van der Waals surface area contributed by atoms with Crippen LogP contribution >= 0.6 is 0 Å². The lowest BCUT2D eigenvalue weighted by Crippen LogP contribution is -1.93. The lowest BCUT2D eigenvalue weighted by atomic mass is 10.1. The van der Waals surface area contributed by atoms with Crippen molar-refractivity contribution in [2.24, 2.45) is 7.05 Å². The van der Waals surface area contributed by atoms with Gasteiger partial charge in [0.2, 0.25) is 0 Å². The van der Waals surface area contributed by atoms with Gasteiger partial charge < -0.3 is 0 Å². The smallest absolute Gasteiger partial charge is 0.181 e. The van der Waals surface area contributed by atoms with E-state index in [1.54, 1.807) is 23.0 Å². The molecule has 2 aromatic heterocycles. The van der Waals surface area contributed by atoms with Crippen LogP contribution in [0.2, 0.25) is 0 Å². The molecule has 0 bridgehead atoms. The third-order valence-corrected chi connectivity index (χ3v) is 2.73. The zero-order chi connectivity index (χ0) is 11.8. The van der Waals surface area contributed by atoms with E-state index in [9.17, 15) is 4.39 Å². The van der Waals surface area contributed by atoms with E-state index >= 15 is 0 Å². The number of benzene rings is 1. The van der Waals surface area contributed by atoms with Gasteiger partial charge in [0.05, 0.1) is 5.69 Å². The standard InChI is InChI=1S/C13H10FN3/c1-17-12(9-4-6-10(14)7-5-9)11-3-2-8-15-13(11)16-17/h2-8H,1H3. The van der Waals surface area contributed by atoms with Crippen molar-refractivity contribution in [1.82, 2.24) is 14.8 Å². The van der Waals surface area contributed by atoms with Gasteiger partial charge in [-0.05, 0) is 36.4 Å². The zero-order valence-electron chi connectivity index (χ0n) is 9.26. The van der Waals surface area contributed by atoms with Gasteiger partial charge >= 0.3 is 0 Å². The fraction of sp³-hybridized carbons (Fsp3) is 0.0769. The van der Waals surface area contributed by atoms with E-state index in [2.05, 4.69) is 10.1 Å². The molecule has 0 spiro atoms. The van der Waals surface area contributed by atoms with Crippen LogP contribution < -0.4 is 0 Å². The Morgan fingerprint density at radius 3 is 2.65 bits per heavy atom. The molecule has 3 nitrogen and oxygen atoms in total. The Hall–Kier alpha value is -2.23. The topological polar surface area (TPSA) is 30.7 Å². The average Bonchev–Trinajstić information content (AvgIpc) is 2.66. The first-order valence-corrected chi connectivity index (χ1v) is 5.29. The molecule has 4 heteroatoms. The second kappa shape index (κ2) is 3.66. The van der Waals surface area contributed by atoms with Gasteiger partial charge in [0.25, 0.3) is 0 Å². The summed E-state index contributed by atoms with van der Waals surface area (Å²) in [6.45, 7) is 0. The minimum atomic E-state index is -0.238. The highest BCUT2D eigenvalue weighted by molar-refractivity contribution is 5.90. The summed E-state index contributed by atoms with van der Waals surface area (Å²) in [6, 6.07) is 10.2. The number of rotatable bonds is 1. The summed E-state index contributed by atoms with van der Waals surface area (Å²) >= 11 is 0. The van der Waals surface area contributed by atoms with Gasteiger partial charge in [-0.3, -0.25) is 4.68 Å². The first-order valence-electron chi connectivity index (χ1n) is 5.29. The maximum atomic E-state index is 12.9. The molecule has 0 radical (unpaired) electrons. The van der Waals surface area contributed by atoms with Gasteiger partial charge in [-0.25, -0.2) is 9.37 Å². The van der Waals surface area contributed by atoms with Crippen LogP contribution in [-0.4, -0.2) is 14.8 Å². The third kappa shape index (κ3) is 1.58. The van der Waals surface area contributed by atoms with E-state index in [-0.39, 0.29) is 5.82 Å². The quantitative estimate of drug-likeness (QED) is 0.640. The number of hydrogen-bond acceptors (Lipinski definition) is 2. The Kier molecular flexibility index (Phi) is 2.14. The van der Waals surface area contributed by atoms with Gasteiger partial charge in [0.15, 0.2) is 5.65 Å². The summed E-state index contributed by atoms with van der Waals surface area (Å²) in [6.07, 6.45) is 1.71. The Labute approximate surface area is 97.5 Å². The summed E-state index contributed by atoms with van der Waals surface area (Å²) in [5.74, 6) is -0.238. The van der Waals surface area contributed by atoms with Gasteiger partial charge in [-0.2, -0.15) is 5.10 Å². The van der Waals surface area contributed by atoms with Crippen LogP contribution in [-0.2, 0) is 7.05 Å². The summed E-state index contributed by atoms with van der Waals surface area (Å²) in [5.41, 5.74) is 2.59. The molecule has 0 aliphatic heterocycles. The number of aromatic nitrogens is 3. The highest BCUT2D eigenvalue weighted by atomic mass is 19.1. The van der Waals surface area contributed by atoms with Crippen molar-refractivity contribution in [3.8, 4) is 11.3 Å². The molecule has 0 aliphatic carbocycles. The maximum absolute atomic E-state index is 12.9. The molecule has 3 rings (SSSR count). The van der Waals surface area contributed by atoms with Crippen molar-refractivity contribution in [1.29, 1.82) is 0 Å². The molecule has 0 atom stereocenters. The molecule has 17 heavy (non-hydrogen) atoms. The summed E-state index contributed by atoms with van der Waals surface area (Å²) in [7, 11) is 1.86. The van der Waals surface area contributed by atoms with Crippen molar-refractivity contribution in [2.75, 3.05) is 0 Å². The first-order chi connectivity index (χ1) is 8.25. The average molecular weight is 227 g/mol. The van der Waals surface area contributed by atoms with E-state index in [1.165, 1.54) is 12.1 Å². The second-order valence-corrected chi connectivity index (χ2v) is 3.85. The van der Waals surface area contributed by atoms with E-state index in [0.717, 1.165) is 16.6 Å². The van der Waals surface area contributed by atoms with E-state index in [4.69, 9.17) is 0 Å². The van der Waals surface area contributed by atoms with Crippen LogP contribution in [0.4, 0.5) is 4.39 Å². The highest BCUT2D eigenvalue weighted by Gasteiger charge is 2.10. The predicted octanol–water partition coefficient (Wildman–Crippen LogP) is 2.77. The Morgan fingerprint density at radius 1 is 1.12 bits per heavy atom. The van der Waals surface area contributed by atoms with Crippen LogP contribution in [0.15, 0.2) is 42.6 Å². The lowest BCUT2D eigenvalue weighted by Gasteiger charge is -2.02. The van der Waals surface area contributed by atoms with Crippen LogP contribution in [0.25, 0.3) is 22.3 Å². The molecule has 1 aromatic carbocycles. The predicted molar refractivity (Wildman–Crippen MR) is 63.9 cm³/mol. The Balaban J connectivity index is 2.29. The second-order valence-electron chi connectivity index (χ2n) is 3.85. The molecule has 84 valence electrons. The number of nitrogens with zero attached hydrogens (tertiary/aromatic N) is 3. The normalized spacial score (nSPS) is 10.9. The van der Waals surface area contributed by atoms with Crippen molar-refractivity contribution < 1.29 is 4.39 Å². The van der Waals surface area contributed by atoms with Crippen LogP contribution in [0.3, 0.4) is 0 Å². The lowest BCUT2D eigenvalue weighted by molar-refractivity contribution is 0.628. The van der Waals surface area contributed by atoms with Gasteiger partial charge in [-0.15, -0.1) is 0 Å². The number of halogens is 1. The number of hydrogen-bond donors (Lipinski definition) is 0. The maximum Gasteiger partial charge on any atom is 0.181 e. The van der Waals surface area contributed by atoms with Crippen LogP contribution in [0, 0.1) is 5.82 Å². The highest BCUT2D eigenvalue weighted by Crippen LogP contribution is 2.26. The number of pyridine rings is 1. The molecule has 3 aromatic rings. The monoisotopic (exact) mass is 227 g/mol. The Bertz CT molecular complexity index is 671. The molecule has 0 aliphatic rings. The van der Waals surface area contributed by atoms with Crippen molar-refractivity contribution in [3.63, 3.8) is 0 Å². The van der Waals surface area contributed by atoms with Crippen LogP contribution in [0.5, 0.6) is 0 Å². The van der Waals surface area contributed by atoms with Crippen LogP contribution in [0.1, 0.15) is 0 Å². The van der Waals surface area contributed by atoms with Crippen molar-refractivity contribution >= 4 is 11.0 Å². The Morgan fingerprint density at radius 2 is 1.88 bits per heavy atom.